The second kappa shape index (κ2) is 9.67. The monoisotopic (exact) mass is 453 g/mol. The van der Waals surface area contributed by atoms with Gasteiger partial charge in [-0.2, -0.15) is 9.78 Å². The number of aryl methyl sites for hydroxylation is 1. The van der Waals surface area contributed by atoms with E-state index in [1.807, 2.05) is 19.9 Å². The molecule has 0 aliphatic heterocycles. The Hall–Kier alpha value is -3.63. The van der Waals surface area contributed by atoms with E-state index in [-0.39, 0.29) is 12.5 Å². The summed E-state index contributed by atoms with van der Waals surface area (Å²) in [5.41, 5.74) is 1.42. The smallest absolute Gasteiger partial charge is 0.269 e. The molecule has 164 valence electrons. The molecule has 0 saturated carbocycles. The number of aromatic nitrogens is 6. The summed E-state index contributed by atoms with van der Waals surface area (Å²) in [6.07, 6.45) is 5.16. The molecule has 4 rings (SSSR count). The highest BCUT2D eigenvalue weighted by molar-refractivity contribution is 6.32. The van der Waals surface area contributed by atoms with Gasteiger partial charge in [0, 0.05) is 19.0 Å². The van der Waals surface area contributed by atoms with Crippen LogP contribution in [0.1, 0.15) is 12.5 Å². The van der Waals surface area contributed by atoms with Crippen LogP contribution in [0.5, 0.6) is 5.88 Å². The quantitative estimate of drug-likeness (QED) is 0.432. The second-order valence-corrected chi connectivity index (χ2v) is 7.16. The minimum absolute atomic E-state index is 0.0277. The molecule has 0 aromatic carbocycles. The number of hydrogen-bond donors (Lipinski definition) is 1. The topological polar surface area (TPSA) is 117 Å². The van der Waals surface area contributed by atoms with Gasteiger partial charge in [-0.05, 0) is 37.6 Å². The van der Waals surface area contributed by atoms with Crippen molar-refractivity contribution in [3.05, 3.63) is 59.8 Å². The standard InChI is InChI=1S/C21H20ClN7O3/c1-3-31-11-16(20(30)28-17-7-6-13(2)9-24-17)32-21-14-10-27-29(18(14)25-12-26-21)19-15(22)5-4-8-23-19/h4-10,12,16H,3,11H2,1-2H3,(H,24,28,30)/t16-/m0/s1. The van der Waals surface area contributed by atoms with E-state index < -0.39 is 12.0 Å². The highest BCUT2D eigenvalue weighted by Crippen LogP contribution is 2.26. The molecule has 10 nitrogen and oxygen atoms in total. The van der Waals surface area contributed by atoms with E-state index in [9.17, 15) is 4.79 Å². The van der Waals surface area contributed by atoms with Crippen molar-refractivity contribution in [2.45, 2.75) is 20.0 Å². The fourth-order valence-corrected chi connectivity index (χ4v) is 3.08. The minimum Gasteiger partial charge on any atom is -0.461 e. The number of pyridine rings is 2. The van der Waals surface area contributed by atoms with Crippen molar-refractivity contribution in [2.75, 3.05) is 18.5 Å². The van der Waals surface area contributed by atoms with Crippen LogP contribution in [0.2, 0.25) is 5.02 Å². The molecule has 4 heterocycles. The number of nitrogens with zero attached hydrogens (tertiary/aromatic N) is 6. The zero-order valence-corrected chi connectivity index (χ0v) is 18.2. The molecule has 1 atom stereocenters. The summed E-state index contributed by atoms with van der Waals surface area (Å²) in [5.74, 6) is 0.603. The van der Waals surface area contributed by atoms with Crippen molar-refractivity contribution in [3.63, 3.8) is 0 Å². The van der Waals surface area contributed by atoms with Crippen LogP contribution in [0.3, 0.4) is 0 Å². The molecule has 1 N–H and O–H groups in total. The van der Waals surface area contributed by atoms with Crippen molar-refractivity contribution >= 4 is 34.4 Å². The van der Waals surface area contributed by atoms with Gasteiger partial charge in [0.1, 0.15) is 17.5 Å². The molecule has 0 radical (unpaired) electrons. The summed E-state index contributed by atoms with van der Waals surface area (Å²) in [6.45, 7) is 4.20. The Morgan fingerprint density at radius 1 is 1.19 bits per heavy atom. The molecule has 0 unspecified atom stereocenters. The van der Waals surface area contributed by atoms with Crippen LogP contribution in [0.15, 0.2) is 49.2 Å². The van der Waals surface area contributed by atoms with E-state index in [0.717, 1.165) is 5.56 Å². The van der Waals surface area contributed by atoms with Crippen molar-refractivity contribution in [1.29, 1.82) is 0 Å². The zero-order valence-electron chi connectivity index (χ0n) is 17.4. The molecular formula is C21H20ClN7O3. The highest BCUT2D eigenvalue weighted by Gasteiger charge is 2.24. The minimum atomic E-state index is -0.974. The number of anilines is 1. The molecule has 0 aliphatic rings. The number of hydrogen-bond acceptors (Lipinski definition) is 8. The largest absolute Gasteiger partial charge is 0.461 e. The molecule has 0 saturated heterocycles. The van der Waals surface area contributed by atoms with Gasteiger partial charge in [-0.1, -0.05) is 17.7 Å². The summed E-state index contributed by atoms with van der Waals surface area (Å²) in [7, 11) is 0. The first-order chi connectivity index (χ1) is 15.6. The maximum atomic E-state index is 12.9. The number of carbonyl (C=O) groups excluding carboxylic acids is 1. The lowest BCUT2D eigenvalue weighted by molar-refractivity contribution is -0.125. The Balaban J connectivity index is 1.62. The van der Waals surface area contributed by atoms with Crippen molar-refractivity contribution < 1.29 is 14.3 Å². The molecule has 11 heteroatoms. The predicted octanol–water partition coefficient (Wildman–Crippen LogP) is 2.99. The first-order valence-electron chi connectivity index (χ1n) is 9.84. The van der Waals surface area contributed by atoms with Crippen LogP contribution in [0.4, 0.5) is 5.82 Å². The molecule has 32 heavy (non-hydrogen) atoms. The van der Waals surface area contributed by atoms with E-state index in [0.29, 0.717) is 34.3 Å². The molecule has 0 bridgehead atoms. The number of fused-ring (bicyclic) bond motifs is 1. The van der Waals surface area contributed by atoms with Crippen molar-refractivity contribution in [1.82, 2.24) is 29.7 Å². The average molecular weight is 454 g/mol. The predicted molar refractivity (Wildman–Crippen MR) is 118 cm³/mol. The maximum Gasteiger partial charge on any atom is 0.269 e. The van der Waals surface area contributed by atoms with Crippen LogP contribution < -0.4 is 10.1 Å². The van der Waals surface area contributed by atoms with E-state index in [1.54, 1.807) is 30.6 Å². The SMILES string of the molecule is CCOC[C@H](Oc1ncnc2c1cnn2-c1ncccc1Cl)C(=O)Nc1ccc(C)cn1. The third kappa shape index (κ3) is 4.66. The van der Waals surface area contributed by atoms with Gasteiger partial charge in [0.05, 0.1) is 17.8 Å². The summed E-state index contributed by atoms with van der Waals surface area (Å²) < 4.78 is 12.9. The van der Waals surface area contributed by atoms with Crippen LogP contribution in [-0.2, 0) is 9.53 Å². The van der Waals surface area contributed by atoms with Gasteiger partial charge < -0.3 is 14.8 Å². The Morgan fingerprint density at radius 3 is 2.81 bits per heavy atom. The van der Waals surface area contributed by atoms with Crippen LogP contribution in [0.25, 0.3) is 16.9 Å². The fraction of sp³-hybridized carbons (Fsp3) is 0.238. The molecule has 0 spiro atoms. The lowest BCUT2D eigenvalue weighted by atomic mass is 10.3. The summed E-state index contributed by atoms with van der Waals surface area (Å²) >= 11 is 6.25. The summed E-state index contributed by atoms with van der Waals surface area (Å²) in [5, 5.41) is 7.97. The van der Waals surface area contributed by atoms with Gasteiger partial charge in [0.15, 0.2) is 11.5 Å². The Bertz CT molecular complexity index is 1230. The number of carbonyl (C=O) groups is 1. The molecule has 1 amide bonds. The Morgan fingerprint density at radius 2 is 2.06 bits per heavy atom. The third-order valence-electron chi connectivity index (χ3n) is 4.45. The first-order valence-corrected chi connectivity index (χ1v) is 10.2. The fourth-order valence-electron chi connectivity index (χ4n) is 2.88. The summed E-state index contributed by atoms with van der Waals surface area (Å²) in [6, 6.07) is 7.00. The molecule has 0 fully saturated rings. The van der Waals surface area contributed by atoms with Crippen LogP contribution in [0, 0.1) is 6.92 Å². The summed E-state index contributed by atoms with van der Waals surface area (Å²) in [4.78, 5) is 29.8. The molecule has 0 aliphatic carbocycles. The van der Waals surface area contributed by atoms with Gasteiger partial charge in [0.25, 0.3) is 5.91 Å². The first kappa shape index (κ1) is 21.6. The van der Waals surface area contributed by atoms with Crippen LogP contribution >= 0.6 is 11.6 Å². The highest BCUT2D eigenvalue weighted by atomic mass is 35.5. The number of amides is 1. The average Bonchev–Trinajstić information content (AvgIpc) is 3.23. The second-order valence-electron chi connectivity index (χ2n) is 6.76. The van der Waals surface area contributed by atoms with Gasteiger partial charge >= 0.3 is 0 Å². The lowest BCUT2D eigenvalue weighted by Crippen LogP contribution is -2.37. The van der Waals surface area contributed by atoms with E-state index in [1.165, 1.54) is 17.2 Å². The normalized spacial score (nSPS) is 12.0. The molecular weight excluding hydrogens is 434 g/mol. The maximum absolute atomic E-state index is 12.9. The lowest BCUT2D eigenvalue weighted by Gasteiger charge is -2.18. The Kier molecular flexibility index (Phi) is 6.52. The van der Waals surface area contributed by atoms with E-state index in [2.05, 4.69) is 30.4 Å². The third-order valence-corrected chi connectivity index (χ3v) is 4.75. The van der Waals surface area contributed by atoms with Gasteiger partial charge in [0.2, 0.25) is 12.0 Å². The number of rotatable bonds is 8. The van der Waals surface area contributed by atoms with E-state index >= 15 is 0 Å². The molecule has 4 aromatic rings. The van der Waals surface area contributed by atoms with E-state index in [4.69, 9.17) is 21.1 Å². The van der Waals surface area contributed by atoms with Crippen molar-refractivity contribution in [3.8, 4) is 11.7 Å². The van der Waals surface area contributed by atoms with Gasteiger partial charge in [-0.15, -0.1) is 0 Å². The van der Waals surface area contributed by atoms with Gasteiger partial charge in [-0.3, -0.25) is 4.79 Å². The Labute approximate surface area is 188 Å². The number of halogens is 1. The van der Waals surface area contributed by atoms with Crippen LogP contribution in [-0.4, -0.2) is 54.9 Å². The zero-order chi connectivity index (χ0) is 22.5. The van der Waals surface area contributed by atoms with Crippen molar-refractivity contribution in [2.24, 2.45) is 0 Å². The number of nitrogens with one attached hydrogen (secondary N) is 1. The molecule has 4 aromatic heterocycles. The van der Waals surface area contributed by atoms with Gasteiger partial charge in [-0.25, -0.2) is 19.9 Å². The number of ether oxygens (including phenoxy) is 2.